The molecule has 0 aliphatic carbocycles. The maximum atomic E-state index is 12.4. The third-order valence-electron chi connectivity index (χ3n) is 3.68. The van der Waals surface area contributed by atoms with Gasteiger partial charge in [-0.3, -0.25) is 4.79 Å². The molecular weight excluding hydrogens is 471 g/mol. The zero-order valence-electron chi connectivity index (χ0n) is 15.5. The van der Waals surface area contributed by atoms with E-state index in [-0.39, 0.29) is 12.2 Å². The molecule has 0 radical (unpaired) electrons. The first-order valence-electron chi connectivity index (χ1n) is 8.51. The number of anilines is 1. The number of hydrogen-bond acceptors (Lipinski definition) is 5. The molecular formula is C21H19IN2O4. The second-order valence-corrected chi connectivity index (χ2v) is 6.88. The van der Waals surface area contributed by atoms with E-state index in [0.29, 0.717) is 23.6 Å². The lowest BCUT2D eigenvalue weighted by Crippen LogP contribution is -2.15. The fourth-order valence-electron chi connectivity index (χ4n) is 2.28. The van der Waals surface area contributed by atoms with Crippen LogP contribution in [0.1, 0.15) is 18.1 Å². The lowest BCUT2D eigenvalue weighted by atomic mass is 10.1. The molecule has 6 nitrogen and oxygen atoms in total. The minimum absolute atomic E-state index is 0.0146. The molecule has 0 saturated heterocycles. The van der Waals surface area contributed by atoms with Gasteiger partial charge in [-0.05, 0) is 71.8 Å². The predicted octanol–water partition coefficient (Wildman–Crippen LogP) is 4.09. The van der Waals surface area contributed by atoms with Crippen LogP contribution in [0, 0.1) is 21.8 Å². The average Bonchev–Trinajstić information content (AvgIpc) is 2.67. The Bertz CT molecular complexity index is 948. The van der Waals surface area contributed by atoms with Crippen molar-refractivity contribution in [3.05, 3.63) is 62.7 Å². The molecule has 0 aromatic heterocycles. The van der Waals surface area contributed by atoms with Gasteiger partial charge in [-0.25, -0.2) is 4.79 Å². The van der Waals surface area contributed by atoms with Gasteiger partial charge in [0.1, 0.15) is 17.4 Å². The monoisotopic (exact) mass is 490 g/mol. The fourth-order valence-corrected chi connectivity index (χ4v) is 2.98. The van der Waals surface area contributed by atoms with Crippen molar-refractivity contribution < 1.29 is 19.1 Å². The zero-order chi connectivity index (χ0) is 20.5. The Morgan fingerprint density at radius 2 is 2.00 bits per heavy atom. The van der Waals surface area contributed by atoms with E-state index in [1.54, 1.807) is 31.2 Å². The summed E-state index contributed by atoms with van der Waals surface area (Å²) in [7, 11) is 0. The van der Waals surface area contributed by atoms with E-state index >= 15 is 0 Å². The van der Waals surface area contributed by atoms with E-state index in [1.807, 2.05) is 31.2 Å². The fraction of sp³-hybridized carbons (Fsp3) is 0.190. The number of nitrogens with one attached hydrogen (secondary N) is 1. The minimum Gasteiger partial charge on any atom is -0.481 e. The summed E-state index contributed by atoms with van der Waals surface area (Å²) < 4.78 is 11.0. The lowest BCUT2D eigenvalue weighted by Gasteiger charge is -2.09. The number of carbonyl (C=O) groups excluding carboxylic acids is 2. The average molecular weight is 490 g/mol. The second kappa shape index (κ2) is 10.5. The van der Waals surface area contributed by atoms with Crippen LogP contribution in [0.4, 0.5) is 5.69 Å². The van der Waals surface area contributed by atoms with Crippen LogP contribution in [0.15, 0.2) is 48.0 Å². The van der Waals surface area contributed by atoms with Gasteiger partial charge in [0.15, 0.2) is 6.61 Å². The SMILES string of the molecule is CCOC(=O)COc1ccc(/C=C(/C#N)C(=O)Nc2ccccc2C)cc1I. The summed E-state index contributed by atoms with van der Waals surface area (Å²) in [4.78, 5) is 23.8. The van der Waals surface area contributed by atoms with E-state index in [4.69, 9.17) is 9.47 Å². The Hall–Kier alpha value is -2.86. The van der Waals surface area contributed by atoms with E-state index in [2.05, 4.69) is 27.9 Å². The number of hydrogen-bond donors (Lipinski definition) is 1. The Kier molecular flexibility index (Phi) is 8.02. The number of nitriles is 1. The van der Waals surface area contributed by atoms with E-state index in [0.717, 1.165) is 9.13 Å². The Labute approximate surface area is 177 Å². The molecule has 0 aliphatic rings. The molecule has 0 heterocycles. The van der Waals surface area contributed by atoms with E-state index < -0.39 is 11.9 Å². The third kappa shape index (κ3) is 6.09. The van der Waals surface area contributed by atoms with Gasteiger partial charge in [-0.15, -0.1) is 0 Å². The smallest absolute Gasteiger partial charge is 0.344 e. The molecule has 28 heavy (non-hydrogen) atoms. The summed E-state index contributed by atoms with van der Waals surface area (Å²) in [5, 5.41) is 12.1. The number of para-hydroxylation sites is 1. The van der Waals surface area contributed by atoms with Crippen molar-refractivity contribution in [2.45, 2.75) is 13.8 Å². The first-order chi connectivity index (χ1) is 13.4. The molecule has 1 N–H and O–H groups in total. The van der Waals surface area contributed by atoms with Gasteiger partial charge in [0.25, 0.3) is 5.91 Å². The highest BCUT2D eigenvalue weighted by Crippen LogP contribution is 2.24. The van der Waals surface area contributed by atoms with Gasteiger partial charge < -0.3 is 14.8 Å². The number of halogens is 1. The zero-order valence-corrected chi connectivity index (χ0v) is 17.6. The van der Waals surface area contributed by atoms with Gasteiger partial charge in [-0.1, -0.05) is 24.3 Å². The molecule has 1 amide bonds. The van der Waals surface area contributed by atoms with E-state index in [9.17, 15) is 14.9 Å². The third-order valence-corrected chi connectivity index (χ3v) is 4.52. The van der Waals surface area contributed by atoms with Gasteiger partial charge in [0.2, 0.25) is 0 Å². The van der Waals surface area contributed by atoms with Crippen molar-refractivity contribution in [2.75, 3.05) is 18.5 Å². The van der Waals surface area contributed by atoms with Crippen molar-refractivity contribution in [3.8, 4) is 11.8 Å². The van der Waals surface area contributed by atoms with Gasteiger partial charge in [0.05, 0.1) is 10.2 Å². The van der Waals surface area contributed by atoms with Crippen LogP contribution in [0.3, 0.4) is 0 Å². The number of nitrogens with zero attached hydrogens (tertiary/aromatic N) is 1. The van der Waals surface area contributed by atoms with Crippen LogP contribution in [-0.2, 0) is 14.3 Å². The van der Waals surface area contributed by atoms with Crippen molar-refractivity contribution >= 4 is 46.2 Å². The van der Waals surface area contributed by atoms with Crippen molar-refractivity contribution in [3.63, 3.8) is 0 Å². The highest BCUT2D eigenvalue weighted by molar-refractivity contribution is 14.1. The maximum absolute atomic E-state index is 12.4. The minimum atomic E-state index is -0.477. The maximum Gasteiger partial charge on any atom is 0.344 e. The molecule has 144 valence electrons. The number of esters is 1. The molecule has 7 heteroatoms. The first kappa shape index (κ1) is 21.4. The number of rotatable bonds is 7. The highest BCUT2D eigenvalue weighted by atomic mass is 127. The van der Waals surface area contributed by atoms with Crippen LogP contribution in [0.2, 0.25) is 0 Å². The highest BCUT2D eigenvalue weighted by Gasteiger charge is 2.12. The molecule has 0 aliphatic heterocycles. The number of amides is 1. The topological polar surface area (TPSA) is 88.4 Å². The van der Waals surface area contributed by atoms with Crippen molar-refractivity contribution in [2.24, 2.45) is 0 Å². The van der Waals surface area contributed by atoms with Crippen LogP contribution < -0.4 is 10.1 Å². The standard InChI is InChI=1S/C21H19IN2O4/c1-3-27-20(25)13-28-19-9-8-15(11-17(19)22)10-16(12-23)21(26)24-18-7-5-4-6-14(18)2/h4-11H,3,13H2,1-2H3,(H,24,26)/b16-10-. The second-order valence-electron chi connectivity index (χ2n) is 5.72. The predicted molar refractivity (Wildman–Crippen MR) is 115 cm³/mol. The van der Waals surface area contributed by atoms with Crippen LogP contribution >= 0.6 is 22.6 Å². The number of aryl methyl sites for hydroxylation is 1. The number of benzene rings is 2. The van der Waals surface area contributed by atoms with Crippen LogP contribution in [0.25, 0.3) is 6.08 Å². The van der Waals surface area contributed by atoms with Crippen LogP contribution in [0.5, 0.6) is 5.75 Å². The molecule has 2 aromatic carbocycles. The summed E-state index contributed by atoms with van der Waals surface area (Å²) in [6, 6.07) is 14.4. The van der Waals surface area contributed by atoms with Crippen LogP contribution in [-0.4, -0.2) is 25.1 Å². The largest absolute Gasteiger partial charge is 0.481 e. The summed E-state index contributed by atoms with van der Waals surface area (Å²) in [5.41, 5.74) is 2.22. The summed E-state index contributed by atoms with van der Waals surface area (Å²) in [6.45, 7) is 3.72. The summed E-state index contributed by atoms with van der Waals surface area (Å²) in [5.74, 6) is -0.398. The van der Waals surface area contributed by atoms with Gasteiger partial charge in [-0.2, -0.15) is 5.26 Å². The lowest BCUT2D eigenvalue weighted by molar-refractivity contribution is -0.145. The molecule has 0 bridgehead atoms. The Morgan fingerprint density at radius 1 is 1.25 bits per heavy atom. The first-order valence-corrected chi connectivity index (χ1v) is 9.59. The Balaban J connectivity index is 2.12. The molecule has 0 fully saturated rings. The quantitative estimate of drug-likeness (QED) is 0.274. The molecule has 2 aromatic rings. The summed E-state index contributed by atoms with van der Waals surface area (Å²) in [6.07, 6.45) is 1.50. The van der Waals surface area contributed by atoms with Crippen molar-refractivity contribution in [1.82, 2.24) is 0 Å². The molecule has 0 unspecified atom stereocenters. The van der Waals surface area contributed by atoms with Gasteiger partial charge in [0, 0.05) is 5.69 Å². The van der Waals surface area contributed by atoms with E-state index in [1.165, 1.54) is 6.08 Å². The summed E-state index contributed by atoms with van der Waals surface area (Å²) >= 11 is 2.06. The molecule has 0 saturated carbocycles. The molecule has 0 spiro atoms. The number of carbonyl (C=O) groups is 2. The molecule has 0 atom stereocenters. The Morgan fingerprint density at radius 3 is 2.64 bits per heavy atom. The normalized spacial score (nSPS) is 10.7. The van der Waals surface area contributed by atoms with Crippen molar-refractivity contribution in [1.29, 1.82) is 5.26 Å². The van der Waals surface area contributed by atoms with Gasteiger partial charge >= 0.3 is 5.97 Å². The molecule has 2 rings (SSSR count). The number of ether oxygens (including phenoxy) is 2.